The number of ether oxygens (including phenoxy) is 1. The summed E-state index contributed by atoms with van der Waals surface area (Å²) in [6.45, 7) is 0.0930. The van der Waals surface area contributed by atoms with Gasteiger partial charge in [0.05, 0.1) is 25.5 Å². The molecule has 0 aromatic heterocycles. The highest BCUT2D eigenvalue weighted by atomic mass is 32.2. The quantitative estimate of drug-likeness (QED) is 0.797. The van der Waals surface area contributed by atoms with Crippen molar-refractivity contribution in [1.29, 1.82) is 0 Å². The molecule has 21 heavy (non-hydrogen) atoms. The molecule has 0 spiro atoms. The average molecular weight is 315 g/mol. The van der Waals surface area contributed by atoms with Crippen molar-refractivity contribution >= 4 is 15.7 Å². The second-order valence-electron chi connectivity index (χ2n) is 4.95. The second kappa shape index (κ2) is 7.42. The number of hydrogen-bond donors (Lipinski definition) is 1. The van der Waals surface area contributed by atoms with Crippen LogP contribution >= 0.6 is 0 Å². The average Bonchev–Trinajstić information content (AvgIpc) is 2.43. The Bertz CT molecular complexity index is 585. The van der Waals surface area contributed by atoms with E-state index in [1.54, 1.807) is 24.3 Å². The number of aliphatic hydroxyl groups excluding tert-OH is 1. The van der Waals surface area contributed by atoms with Crippen LogP contribution < -0.4 is 4.74 Å². The second-order valence-corrected chi connectivity index (χ2v) is 7.21. The highest BCUT2D eigenvalue weighted by molar-refractivity contribution is 7.90. The molecule has 1 aromatic carbocycles. The van der Waals surface area contributed by atoms with Crippen molar-refractivity contribution < 1.29 is 23.1 Å². The third-order valence-electron chi connectivity index (χ3n) is 3.04. The maximum Gasteiger partial charge on any atom is 0.223 e. The van der Waals surface area contributed by atoms with Crippen LogP contribution in [0.3, 0.4) is 0 Å². The van der Waals surface area contributed by atoms with E-state index < -0.39 is 15.9 Å². The summed E-state index contributed by atoms with van der Waals surface area (Å²) in [7, 11) is -0.0991. The molecule has 0 heterocycles. The lowest BCUT2D eigenvalue weighted by Gasteiger charge is -2.21. The summed E-state index contributed by atoms with van der Waals surface area (Å²) in [4.78, 5) is 13.1. The van der Waals surface area contributed by atoms with Gasteiger partial charge in [-0.05, 0) is 17.7 Å². The topological polar surface area (TPSA) is 83.9 Å². The highest BCUT2D eigenvalue weighted by Crippen LogP contribution is 2.19. The van der Waals surface area contributed by atoms with Crippen molar-refractivity contribution in [2.24, 2.45) is 0 Å². The summed E-state index contributed by atoms with van der Waals surface area (Å²) in [5, 5.41) is 10.1. The SMILES string of the molecule is COc1cccc(C(O)CN(C)C(=O)CCS(C)(=O)=O)c1. The molecular formula is C14H21NO5S. The van der Waals surface area contributed by atoms with Crippen molar-refractivity contribution in [1.82, 2.24) is 4.90 Å². The normalized spacial score (nSPS) is 12.8. The Balaban J connectivity index is 2.60. The van der Waals surface area contributed by atoms with E-state index >= 15 is 0 Å². The molecule has 0 fully saturated rings. The molecule has 118 valence electrons. The van der Waals surface area contributed by atoms with Gasteiger partial charge >= 0.3 is 0 Å². The largest absolute Gasteiger partial charge is 0.497 e. The molecule has 1 aromatic rings. The van der Waals surface area contributed by atoms with Crippen LogP contribution in [0.25, 0.3) is 0 Å². The van der Waals surface area contributed by atoms with Crippen LogP contribution in [0.4, 0.5) is 0 Å². The Morgan fingerprint density at radius 2 is 2.10 bits per heavy atom. The lowest BCUT2D eigenvalue weighted by Crippen LogP contribution is -2.32. The predicted octanol–water partition coefficient (Wildman–Crippen LogP) is 0.622. The number of amides is 1. The summed E-state index contributed by atoms with van der Waals surface area (Å²) in [6.07, 6.45) is 0.151. The van der Waals surface area contributed by atoms with Crippen LogP contribution in [0.15, 0.2) is 24.3 Å². The molecule has 1 unspecified atom stereocenters. The van der Waals surface area contributed by atoms with Crippen molar-refractivity contribution in [3.8, 4) is 5.75 Å². The zero-order chi connectivity index (χ0) is 16.0. The molecule has 0 radical (unpaired) electrons. The van der Waals surface area contributed by atoms with Gasteiger partial charge in [0.15, 0.2) is 0 Å². The maximum absolute atomic E-state index is 11.8. The molecule has 0 aliphatic rings. The molecule has 1 N–H and O–H groups in total. The van der Waals surface area contributed by atoms with Crippen LogP contribution in [0.5, 0.6) is 5.75 Å². The molecule has 7 heteroatoms. The van der Waals surface area contributed by atoms with Crippen molar-refractivity contribution in [2.45, 2.75) is 12.5 Å². The van der Waals surface area contributed by atoms with E-state index in [1.165, 1.54) is 19.1 Å². The highest BCUT2D eigenvalue weighted by Gasteiger charge is 2.17. The molecular weight excluding hydrogens is 294 g/mol. The summed E-state index contributed by atoms with van der Waals surface area (Å²) < 4.78 is 27.2. The minimum absolute atomic E-state index is 0.0832. The van der Waals surface area contributed by atoms with Gasteiger partial charge in [0.25, 0.3) is 0 Å². The summed E-state index contributed by atoms with van der Waals surface area (Å²) in [6, 6.07) is 6.95. The lowest BCUT2D eigenvalue weighted by atomic mass is 10.1. The minimum Gasteiger partial charge on any atom is -0.497 e. The van der Waals surface area contributed by atoms with Gasteiger partial charge < -0.3 is 14.7 Å². The van der Waals surface area contributed by atoms with Gasteiger partial charge in [-0.15, -0.1) is 0 Å². The van der Waals surface area contributed by atoms with Crippen LogP contribution in [0.1, 0.15) is 18.1 Å². The number of rotatable bonds is 7. The molecule has 0 saturated heterocycles. The molecule has 0 bridgehead atoms. The fourth-order valence-electron chi connectivity index (χ4n) is 1.78. The van der Waals surface area contributed by atoms with Crippen LogP contribution in [-0.2, 0) is 14.6 Å². The molecule has 0 aliphatic carbocycles. The minimum atomic E-state index is -3.17. The van der Waals surface area contributed by atoms with E-state index in [1.807, 2.05) is 0 Å². The van der Waals surface area contributed by atoms with Crippen LogP contribution in [0.2, 0.25) is 0 Å². The molecule has 1 atom stereocenters. The number of likely N-dealkylation sites (N-methyl/N-ethyl adjacent to an activating group) is 1. The number of nitrogens with zero attached hydrogens (tertiary/aromatic N) is 1. The zero-order valence-corrected chi connectivity index (χ0v) is 13.3. The van der Waals surface area contributed by atoms with E-state index in [9.17, 15) is 18.3 Å². The summed E-state index contributed by atoms with van der Waals surface area (Å²) in [5.74, 6) is 0.116. The molecule has 1 rings (SSSR count). The van der Waals surface area contributed by atoms with Gasteiger partial charge in [0, 0.05) is 19.7 Å². The molecule has 1 amide bonds. The van der Waals surface area contributed by atoms with Gasteiger partial charge in [-0.1, -0.05) is 12.1 Å². The number of hydrogen-bond acceptors (Lipinski definition) is 5. The van der Waals surface area contributed by atoms with Gasteiger partial charge in [0.2, 0.25) is 5.91 Å². The Morgan fingerprint density at radius 3 is 2.67 bits per heavy atom. The van der Waals surface area contributed by atoms with E-state index in [4.69, 9.17) is 4.74 Å². The first-order chi connectivity index (χ1) is 9.73. The van der Waals surface area contributed by atoms with Crippen molar-refractivity contribution in [3.05, 3.63) is 29.8 Å². The maximum atomic E-state index is 11.8. The number of methoxy groups -OCH3 is 1. The Kier molecular flexibility index (Phi) is 6.17. The summed E-state index contributed by atoms with van der Waals surface area (Å²) >= 11 is 0. The van der Waals surface area contributed by atoms with Gasteiger partial charge in [-0.25, -0.2) is 8.42 Å². The fraction of sp³-hybridized carbons (Fsp3) is 0.500. The first kappa shape index (κ1) is 17.5. The monoisotopic (exact) mass is 315 g/mol. The molecule has 0 saturated carbocycles. The Morgan fingerprint density at radius 1 is 1.43 bits per heavy atom. The lowest BCUT2D eigenvalue weighted by molar-refractivity contribution is -0.130. The van der Waals surface area contributed by atoms with E-state index in [0.29, 0.717) is 11.3 Å². The number of carbonyl (C=O) groups is 1. The van der Waals surface area contributed by atoms with Crippen LogP contribution in [-0.4, -0.2) is 57.0 Å². The number of aliphatic hydroxyl groups is 1. The smallest absolute Gasteiger partial charge is 0.223 e. The third-order valence-corrected chi connectivity index (χ3v) is 3.98. The summed E-state index contributed by atoms with van der Waals surface area (Å²) in [5.41, 5.74) is 0.636. The van der Waals surface area contributed by atoms with Gasteiger partial charge in [0.1, 0.15) is 15.6 Å². The number of benzene rings is 1. The Hall–Kier alpha value is -1.60. The number of carbonyl (C=O) groups excluding carboxylic acids is 1. The number of sulfone groups is 1. The fourth-order valence-corrected chi connectivity index (χ4v) is 2.32. The Labute approximate surface area is 125 Å². The van der Waals surface area contributed by atoms with Gasteiger partial charge in [-0.2, -0.15) is 0 Å². The zero-order valence-electron chi connectivity index (χ0n) is 12.4. The van der Waals surface area contributed by atoms with Crippen molar-refractivity contribution in [2.75, 3.05) is 32.7 Å². The van der Waals surface area contributed by atoms with Crippen molar-refractivity contribution in [3.63, 3.8) is 0 Å². The molecule has 6 nitrogen and oxygen atoms in total. The van der Waals surface area contributed by atoms with Crippen LogP contribution in [0, 0.1) is 0 Å². The van der Waals surface area contributed by atoms with E-state index in [-0.39, 0.29) is 24.6 Å². The molecule has 0 aliphatic heterocycles. The van der Waals surface area contributed by atoms with E-state index in [0.717, 1.165) is 6.26 Å². The van der Waals surface area contributed by atoms with E-state index in [2.05, 4.69) is 0 Å². The van der Waals surface area contributed by atoms with Gasteiger partial charge in [-0.3, -0.25) is 4.79 Å². The third kappa shape index (κ3) is 6.14. The standard InChI is InChI=1S/C14H21NO5S/c1-15(14(17)7-8-21(3,18)19)10-13(16)11-5-4-6-12(9-11)20-2/h4-6,9,13,16H,7-8,10H2,1-3H3. The predicted molar refractivity (Wildman–Crippen MR) is 79.9 cm³/mol. The first-order valence-electron chi connectivity index (χ1n) is 6.46. The first-order valence-corrected chi connectivity index (χ1v) is 8.52.